The zero-order valence-corrected chi connectivity index (χ0v) is 15.6. The quantitative estimate of drug-likeness (QED) is 0.486. The smallest absolute Gasteiger partial charge is 0.155 e. The minimum absolute atomic E-state index is 0.0349. The zero-order chi connectivity index (χ0) is 19.8. The fourth-order valence-electron chi connectivity index (χ4n) is 2.86. The van der Waals surface area contributed by atoms with E-state index in [-0.39, 0.29) is 11.7 Å². The van der Waals surface area contributed by atoms with Gasteiger partial charge in [0.2, 0.25) is 0 Å². The van der Waals surface area contributed by atoms with E-state index in [0.717, 1.165) is 16.7 Å². The molecular formula is C21H22FN5O. The average Bonchev–Trinajstić information content (AvgIpc) is 3.13. The number of aromatic nitrogens is 4. The highest BCUT2D eigenvalue weighted by atomic mass is 19.1. The Balaban J connectivity index is 1.75. The van der Waals surface area contributed by atoms with Gasteiger partial charge in [0.25, 0.3) is 0 Å². The Labute approximate surface area is 163 Å². The Kier molecular flexibility index (Phi) is 6.71. The molecule has 7 heteroatoms. The lowest BCUT2D eigenvalue weighted by Crippen LogP contribution is -2.25. The van der Waals surface area contributed by atoms with E-state index in [2.05, 4.69) is 32.2 Å². The van der Waals surface area contributed by atoms with Crippen LogP contribution >= 0.6 is 0 Å². The summed E-state index contributed by atoms with van der Waals surface area (Å²) in [6.07, 6.45) is 6.91. The second kappa shape index (κ2) is 9.62. The van der Waals surface area contributed by atoms with Gasteiger partial charge in [0.1, 0.15) is 13.0 Å². The third-order valence-electron chi connectivity index (χ3n) is 4.31. The fraction of sp³-hybridized carbons (Fsp3) is 0.286. The number of rotatable bonds is 7. The van der Waals surface area contributed by atoms with Crippen LogP contribution in [0, 0.1) is 11.8 Å². The van der Waals surface area contributed by atoms with Crippen LogP contribution in [0.1, 0.15) is 28.3 Å². The van der Waals surface area contributed by atoms with Crippen LogP contribution in [0.15, 0.2) is 49.2 Å². The highest BCUT2D eigenvalue weighted by Crippen LogP contribution is 2.24. The van der Waals surface area contributed by atoms with E-state index in [9.17, 15) is 9.50 Å². The van der Waals surface area contributed by atoms with Gasteiger partial charge >= 0.3 is 0 Å². The van der Waals surface area contributed by atoms with Crippen LogP contribution in [0.3, 0.4) is 0 Å². The third kappa shape index (κ3) is 5.38. The summed E-state index contributed by atoms with van der Waals surface area (Å²) in [6.45, 7) is 0.448. The number of halogens is 1. The van der Waals surface area contributed by atoms with E-state index in [1.54, 1.807) is 10.9 Å². The van der Waals surface area contributed by atoms with Gasteiger partial charge in [0, 0.05) is 44.2 Å². The van der Waals surface area contributed by atoms with Crippen molar-refractivity contribution in [1.82, 2.24) is 25.1 Å². The molecule has 28 heavy (non-hydrogen) atoms. The van der Waals surface area contributed by atoms with Gasteiger partial charge in [-0.25, -0.2) is 14.4 Å². The van der Waals surface area contributed by atoms with Crippen molar-refractivity contribution in [2.45, 2.75) is 12.3 Å². The lowest BCUT2D eigenvalue weighted by Gasteiger charge is -2.18. The number of alkyl halides is 1. The van der Waals surface area contributed by atoms with Crippen LogP contribution in [0.5, 0.6) is 5.75 Å². The molecule has 0 saturated heterocycles. The molecule has 0 aliphatic heterocycles. The SMILES string of the molecule is Cn1cc(C#Cc2ccc(C(CNCCF)Cc3ncncc3O)cc2)cn1. The first kappa shape index (κ1) is 19.5. The summed E-state index contributed by atoms with van der Waals surface area (Å²) in [5, 5.41) is 17.2. The van der Waals surface area contributed by atoms with Crippen molar-refractivity contribution in [1.29, 1.82) is 0 Å². The molecule has 2 N–H and O–H groups in total. The maximum atomic E-state index is 12.5. The Morgan fingerprint density at radius 2 is 1.96 bits per heavy atom. The summed E-state index contributed by atoms with van der Waals surface area (Å²) in [5.74, 6) is 6.31. The van der Waals surface area contributed by atoms with Crippen molar-refractivity contribution in [3.8, 4) is 17.6 Å². The van der Waals surface area contributed by atoms with E-state index in [1.807, 2.05) is 37.5 Å². The van der Waals surface area contributed by atoms with Crippen molar-refractivity contribution in [2.24, 2.45) is 7.05 Å². The van der Waals surface area contributed by atoms with Crippen molar-refractivity contribution in [3.63, 3.8) is 0 Å². The standard InChI is InChI=1S/C21H22FN5O/c1-27-14-17(11-26-27)3-2-16-4-6-18(7-5-16)19(12-23-9-8-22)10-20-21(28)13-24-15-25-20/h4-7,11,13-15,19,23,28H,8-10,12H2,1H3. The van der Waals surface area contributed by atoms with Gasteiger partial charge in [-0.05, 0) is 17.7 Å². The average molecular weight is 379 g/mol. The number of nitrogens with one attached hydrogen (secondary N) is 1. The van der Waals surface area contributed by atoms with Crippen molar-refractivity contribution in [3.05, 3.63) is 71.6 Å². The Bertz CT molecular complexity index is 959. The lowest BCUT2D eigenvalue weighted by atomic mass is 9.93. The molecule has 3 aromatic rings. The molecule has 6 nitrogen and oxygen atoms in total. The second-order valence-corrected chi connectivity index (χ2v) is 6.42. The second-order valence-electron chi connectivity index (χ2n) is 6.42. The molecule has 1 aromatic carbocycles. The topological polar surface area (TPSA) is 75.9 Å². The summed E-state index contributed by atoms with van der Waals surface area (Å²) in [7, 11) is 1.85. The van der Waals surface area contributed by atoms with Gasteiger partial charge in [-0.15, -0.1) is 0 Å². The van der Waals surface area contributed by atoms with Crippen LogP contribution in [0.2, 0.25) is 0 Å². The minimum Gasteiger partial charge on any atom is -0.504 e. The molecule has 0 spiro atoms. The highest BCUT2D eigenvalue weighted by Gasteiger charge is 2.15. The van der Waals surface area contributed by atoms with Gasteiger partial charge in [-0.1, -0.05) is 24.0 Å². The zero-order valence-electron chi connectivity index (χ0n) is 15.6. The van der Waals surface area contributed by atoms with Crippen LogP contribution in [-0.4, -0.2) is 44.6 Å². The molecule has 0 amide bonds. The predicted octanol–water partition coefficient (Wildman–Crippen LogP) is 2.20. The largest absolute Gasteiger partial charge is 0.504 e. The van der Waals surface area contributed by atoms with Gasteiger partial charge < -0.3 is 10.4 Å². The van der Waals surface area contributed by atoms with Crippen LogP contribution < -0.4 is 5.32 Å². The fourth-order valence-corrected chi connectivity index (χ4v) is 2.86. The van der Waals surface area contributed by atoms with Crippen molar-refractivity contribution in [2.75, 3.05) is 19.8 Å². The summed E-state index contributed by atoms with van der Waals surface area (Å²) >= 11 is 0. The van der Waals surface area contributed by atoms with Crippen LogP contribution in [0.25, 0.3) is 0 Å². The first-order valence-corrected chi connectivity index (χ1v) is 9.01. The third-order valence-corrected chi connectivity index (χ3v) is 4.31. The van der Waals surface area contributed by atoms with E-state index >= 15 is 0 Å². The molecule has 0 aliphatic carbocycles. The number of benzene rings is 1. The maximum absolute atomic E-state index is 12.5. The van der Waals surface area contributed by atoms with E-state index in [4.69, 9.17) is 0 Å². The van der Waals surface area contributed by atoms with E-state index in [0.29, 0.717) is 25.2 Å². The highest BCUT2D eigenvalue weighted by molar-refractivity contribution is 5.42. The first-order valence-electron chi connectivity index (χ1n) is 9.01. The number of hydrogen-bond donors (Lipinski definition) is 2. The summed E-state index contributed by atoms with van der Waals surface area (Å²) < 4.78 is 14.2. The first-order chi connectivity index (χ1) is 13.7. The molecule has 2 heterocycles. The molecule has 0 aliphatic rings. The van der Waals surface area contributed by atoms with Gasteiger partial charge in [0.15, 0.2) is 5.75 Å². The molecule has 1 unspecified atom stereocenters. The molecule has 0 bridgehead atoms. The van der Waals surface area contributed by atoms with Gasteiger partial charge in [0.05, 0.1) is 23.7 Å². The van der Waals surface area contributed by atoms with Crippen LogP contribution in [-0.2, 0) is 13.5 Å². The molecule has 0 saturated carbocycles. The molecule has 1 atom stereocenters. The molecular weight excluding hydrogens is 357 g/mol. The van der Waals surface area contributed by atoms with Crippen molar-refractivity contribution < 1.29 is 9.50 Å². The van der Waals surface area contributed by atoms with Gasteiger partial charge in [-0.3, -0.25) is 4.68 Å². The molecule has 144 valence electrons. The molecule has 0 fully saturated rings. The number of aryl methyl sites for hydroxylation is 1. The Morgan fingerprint density at radius 3 is 2.64 bits per heavy atom. The summed E-state index contributed by atoms with van der Waals surface area (Å²) in [6, 6.07) is 7.93. The number of nitrogens with zero attached hydrogens (tertiary/aromatic N) is 4. The minimum atomic E-state index is -0.422. The lowest BCUT2D eigenvalue weighted by molar-refractivity contribution is 0.443. The Morgan fingerprint density at radius 1 is 1.18 bits per heavy atom. The molecule has 0 radical (unpaired) electrons. The monoisotopic (exact) mass is 379 g/mol. The van der Waals surface area contributed by atoms with E-state index < -0.39 is 6.67 Å². The van der Waals surface area contributed by atoms with E-state index in [1.165, 1.54) is 12.5 Å². The van der Waals surface area contributed by atoms with Gasteiger partial charge in [-0.2, -0.15) is 5.10 Å². The Hall–Kier alpha value is -3.24. The number of aromatic hydroxyl groups is 1. The van der Waals surface area contributed by atoms with Crippen LogP contribution in [0.4, 0.5) is 4.39 Å². The normalized spacial score (nSPS) is 11.6. The predicted molar refractivity (Wildman–Crippen MR) is 105 cm³/mol. The van der Waals surface area contributed by atoms with Crippen molar-refractivity contribution >= 4 is 0 Å². The molecule has 2 aromatic heterocycles. The molecule has 3 rings (SSSR count). The summed E-state index contributed by atoms with van der Waals surface area (Å²) in [4.78, 5) is 7.97. The number of hydrogen-bond acceptors (Lipinski definition) is 5. The summed E-state index contributed by atoms with van der Waals surface area (Å²) in [5.41, 5.74) is 3.39. The maximum Gasteiger partial charge on any atom is 0.155 e.